The van der Waals surface area contributed by atoms with Crippen LogP contribution in [0, 0.1) is 5.82 Å². The molecule has 3 rings (SSSR count). The molecule has 3 aromatic rings. The van der Waals surface area contributed by atoms with Crippen molar-refractivity contribution in [1.29, 1.82) is 0 Å². The topological polar surface area (TPSA) is 50.7 Å². The summed E-state index contributed by atoms with van der Waals surface area (Å²) in [6.07, 6.45) is 6.95. The third-order valence-electron chi connectivity index (χ3n) is 3.86. The smallest absolute Gasteiger partial charge is 0.144 e. The van der Waals surface area contributed by atoms with E-state index in [1.54, 1.807) is 36.9 Å². The Morgan fingerprint density at radius 2 is 1.84 bits per heavy atom. The van der Waals surface area contributed by atoms with Gasteiger partial charge in [-0.2, -0.15) is 0 Å². The molecule has 2 heterocycles. The van der Waals surface area contributed by atoms with Crippen LogP contribution in [0.1, 0.15) is 24.1 Å². The number of nitrogens with one attached hydrogen (secondary N) is 1. The lowest BCUT2D eigenvalue weighted by molar-refractivity contribution is 0.495. The zero-order chi connectivity index (χ0) is 17.6. The monoisotopic (exact) mass is 340 g/mol. The van der Waals surface area contributed by atoms with Crippen molar-refractivity contribution in [3.05, 3.63) is 72.1 Å². The van der Waals surface area contributed by atoms with Gasteiger partial charge in [0.25, 0.3) is 0 Å². The van der Waals surface area contributed by atoms with E-state index >= 15 is 0 Å². The first-order chi connectivity index (χ1) is 12.2. The highest BCUT2D eigenvalue weighted by Crippen LogP contribution is 2.20. The van der Waals surface area contributed by atoms with Crippen molar-refractivity contribution in [2.45, 2.75) is 19.4 Å². The molecule has 0 fully saturated rings. The Bertz CT molecular complexity index is 820. The van der Waals surface area contributed by atoms with Crippen molar-refractivity contribution < 1.29 is 8.78 Å². The maximum atomic E-state index is 13.0. The molecule has 0 bridgehead atoms. The molecular weight excluding hydrogens is 322 g/mol. The van der Waals surface area contributed by atoms with Crippen LogP contribution in [0.5, 0.6) is 0 Å². The fourth-order valence-corrected chi connectivity index (χ4v) is 2.48. The van der Waals surface area contributed by atoms with Gasteiger partial charge in [0.15, 0.2) is 0 Å². The summed E-state index contributed by atoms with van der Waals surface area (Å²) in [5.74, 6) is 0.358. The second-order valence-electron chi connectivity index (χ2n) is 5.73. The maximum Gasteiger partial charge on any atom is 0.144 e. The van der Waals surface area contributed by atoms with Crippen LogP contribution in [-0.4, -0.2) is 21.6 Å². The second kappa shape index (κ2) is 7.79. The Morgan fingerprint density at radius 3 is 2.52 bits per heavy atom. The molecule has 0 aliphatic rings. The number of rotatable bonds is 6. The van der Waals surface area contributed by atoms with E-state index in [2.05, 4.69) is 20.3 Å². The van der Waals surface area contributed by atoms with Gasteiger partial charge >= 0.3 is 0 Å². The number of hydrogen-bond acceptors (Lipinski definition) is 4. The Labute approximate surface area is 145 Å². The Balaban J connectivity index is 1.71. The van der Waals surface area contributed by atoms with Crippen LogP contribution < -0.4 is 5.32 Å². The first-order valence-corrected chi connectivity index (χ1v) is 8.00. The molecule has 128 valence electrons. The average Bonchev–Trinajstić information content (AvgIpc) is 2.63. The Hall–Kier alpha value is -2.89. The van der Waals surface area contributed by atoms with Crippen molar-refractivity contribution in [3.63, 3.8) is 0 Å². The molecule has 0 spiro atoms. The van der Waals surface area contributed by atoms with E-state index in [1.165, 1.54) is 12.1 Å². The van der Waals surface area contributed by atoms with E-state index < -0.39 is 6.67 Å². The van der Waals surface area contributed by atoms with Gasteiger partial charge in [-0.3, -0.25) is 14.4 Å². The van der Waals surface area contributed by atoms with Crippen LogP contribution in [0.4, 0.5) is 14.6 Å². The van der Waals surface area contributed by atoms with Gasteiger partial charge in [0, 0.05) is 30.4 Å². The van der Waals surface area contributed by atoms with Crippen LogP contribution in [0.15, 0.2) is 55.1 Å². The molecule has 4 nitrogen and oxygen atoms in total. The molecule has 1 aromatic carbocycles. The molecule has 0 aliphatic carbocycles. The molecule has 0 amide bonds. The molecule has 1 N–H and O–H groups in total. The molecule has 0 radical (unpaired) electrons. The highest BCUT2D eigenvalue weighted by atomic mass is 19.1. The highest BCUT2D eigenvalue weighted by Gasteiger charge is 2.08. The lowest BCUT2D eigenvalue weighted by Gasteiger charge is -2.14. The van der Waals surface area contributed by atoms with E-state index in [-0.39, 0.29) is 11.9 Å². The SMILES string of the molecule is CC(Nc1cnc(-c2cncc(CCF)c2)cn1)c1ccc(F)cc1. The largest absolute Gasteiger partial charge is 0.362 e. The van der Waals surface area contributed by atoms with Crippen molar-refractivity contribution in [2.24, 2.45) is 0 Å². The number of hydrogen-bond donors (Lipinski definition) is 1. The summed E-state index contributed by atoms with van der Waals surface area (Å²) in [4.78, 5) is 12.9. The van der Waals surface area contributed by atoms with Crippen LogP contribution >= 0.6 is 0 Å². The fourth-order valence-electron chi connectivity index (χ4n) is 2.48. The van der Waals surface area contributed by atoms with Gasteiger partial charge < -0.3 is 5.32 Å². The molecule has 0 saturated heterocycles. The zero-order valence-corrected chi connectivity index (χ0v) is 13.8. The number of halogens is 2. The molecule has 6 heteroatoms. The van der Waals surface area contributed by atoms with Crippen LogP contribution in [-0.2, 0) is 6.42 Å². The summed E-state index contributed by atoms with van der Waals surface area (Å²) >= 11 is 0. The number of benzene rings is 1. The molecular formula is C19H18F2N4. The highest BCUT2D eigenvalue weighted by molar-refractivity contribution is 5.58. The van der Waals surface area contributed by atoms with E-state index in [4.69, 9.17) is 0 Å². The first kappa shape index (κ1) is 17.0. The second-order valence-corrected chi connectivity index (χ2v) is 5.73. The predicted molar refractivity (Wildman–Crippen MR) is 93.4 cm³/mol. The zero-order valence-electron chi connectivity index (χ0n) is 13.8. The minimum absolute atomic E-state index is 0.0321. The minimum atomic E-state index is -0.416. The average molecular weight is 340 g/mol. The predicted octanol–water partition coefficient (Wildman–Crippen LogP) is 4.36. The van der Waals surface area contributed by atoms with Gasteiger partial charge in [-0.25, -0.2) is 9.37 Å². The summed E-state index contributed by atoms with van der Waals surface area (Å²) < 4.78 is 25.5. The minimum Gasteiger partial charge on any atom is -0.362 e. The van der Waals surface area contributed by atoms with Crippen LogP contribution in [0.3, 0.4) is 0 Å². The lowest BCUT2D eigenvalue weighted by Crippen LogP contribution is -2.08. The molecule has 0 saturated carbocycles. The standard InChI is InChI=1S/C19H18F2N4/c1-13(15-2-4-17(21)5-3-15)25-19-12-23-18(11-24-19)16-8-14(6-7-20)9-22-10-16/h2-5,8-13H,6-7H2,1H3,(H,24,25). The number of anilines is 1. The summed E-state index contributed by atoms with van der Waals surface area (Å²) in [7, 11) is 0. The van der Waals surface area contributed by atoms with Gasteiger partial charge in [-0.05, 0) is 36.2 Å². The lowest BCUT2D eigenvalue weighted by atomic mass is 10.1. The van der Waals surface area contributed by atoms with Crippen molar-refractivity contribution in [2.75, 3.05) is 12.0 Å². The quantitative estimate of drug-likeness (QED) is 0.724. The van der Waals surface area contributed by atoms with Gasteiger partial charge in [-0.1, -0.05) is 12.1 Å². The number of pyridine rings is 1. The van der Waals surface area contributed by atoms with Gasteiger partial charge in [0.05, 0.1) is 24.8 Å². The van der Waals surface area contributed by atoms with Gasteiger partial charge in [0.2, 0.25) is 0 Å². The van der Waals surface area contributed by atoms with Crippen molar-refractivity contribution in [3.8, 4) is 11.3 Å². The molecule has 1 unspecified atom stereocenters. The fraction of sp³-hybridized carbons (Fsp3) is 0.211. The third-order valence-corrected chi connectivity index (χ3v) is 3.86. The molecule has 1 atom stereocenters. The number of alkyl halides is 1. The molecule has 25 heavy (non-hydrogen) atoms. The van der Waals surface area contributed by atoms with Crippen LogP contribution in [0.25, 0.3) is 11.3 Å². The van der Waals surface area contributed by atoms with Crippen molar-refractivity contribution >= 4 is 5.82 Å². The van der Waals surface area contributed by atoms with Crippen molar-refractivity contribution in [1.82, 2.24) is 15.0 Å². The summed E-state index contributed by atoms with van der Waals surface area (Å²) in [6, 6.07) is 8.16. The van der Waals surface area contributed by atoms with Gasteiger partial charge in [-0.15, -0.1) is 0 Å². The number of aryl methyl sites for hydroxylation is 1. The summed E-state index contributed by atoms with van der Waals surface area (Å²) in [5.41, 5.74) is 3.26. The van der Waals surface area contributed by atoms with Gasteiger partial charge in [0.1, 0.15) is 11.6 Å². The van der Waals surface area contributed by atoms with E-state index in [0.29, 0.717) is 17.9 Å². The third kappa shape index (κ3) is 4.35. The first-order valence-electron chi connectivity index (χ1n) is 8.00. The maximum absolute atomic E-state index is 13.0. The number of aromatic nitrogens is 3. The molecule has 0 aliphatic heterocycles. The van der Waals surface area contributed by atoms with Crippen LogP contribution in [0.2, 0.25) is 0 Å². The Kier molecular flexibility index (Phi) is 5.28. The summed E-state index contributed by atoms with van der Waals surface area (Å²) in [5, 5.41) is 3.23. The Morgan fingerprint density at radius 1 is 1.04 bits per heavy atom. The molecule has 2 aromatic heterocycles. The van der Waals surface area contributed by atoms with E-state index in [9.17, 15) is 8.78 Å². The number of nitrogens with zero attached hydrogens (tertiary/aromatic N) is 3. The van der Waals surface area contributed by atoms with E-state index in [1.807, 2.05) is 13.0 Å². The normalized spacial score (nSPS) is 12.0. The van der Waals surface area contributed by atoms with E-state index in [0.717, 1.165) is 16.7 Å². The summed E-state index contributed by atoms with van der Waals surface area (Å²) in [6.45, 7) is 1.55.